The summed E-state index contributed by atoms with van der Waals surface area (Å²) in [5, 5.41) is 30.0. The molecule has 1 aromatic heterocycles. The number of quaternary nitrogens is 1. The van der Waals surface area contributed by atoms with E-state index < -0.39 is 57.0 Å². The number of nitrogens with two attached hydrogens (primary N) is 1. The number of hydrogen-bond acceptors (Lipinski definition) is 13. The summed E-state index contributed by atoms with van der Waals surface area (Å²) in [6, 6.07) is -2.81. The Balaban J connectivity index is 1.78. The molecule has 0 spiro atoms. The topological polar surface area (TPSA) is 261 Å². The normalized spacial score (nSPS) is 21.3. The smallest absolute Gasteiger partial charge is 0.362 e. The molecule has 0 aliphatic carbocycles. The van der Waals surface area contributed by atoms with E-state index in [-0.39, 0.29) is 35.5 Å². The van der Waals surface area contributed by atoms with Gasteiger partial charge < -0.3 is 36.1 Å². The Kier molecular flexibility index (Phi) is 9.51. The van der Waals surface area contributed by atoms with Gasteiger partial charge in [-0.2, -0.15) is 8.42 Å². The second-order valence-electron chi connectivity index (χ2n) is 10.9. The molecule has 1 aromatic rings. The molecule has 1 fully saturated rings. The number of thioether (sulfide) groups is 1. The van der Waals surface area contributed by atoms with Crippen molar-refractivity contribution < 1.29 is 46.6 Å². The molecule has 3 unspecified atom stereocenters. The molecule has 3 heterocycles. The highest BCUT2D eigenvalue weighted by molar-refractivity contribution is 8.02. The van der Waals surface area contributed by atoms with Crippen molar-refractivity contribution in [1.82, 2.24) is 35.2 Å². The molecular weight excluding hydrogens is 600 g/mol. The molecule has 3 atom stereocenters. The van der Waals surface area contributed by atoms with Crippen molar-refractivity contribution in [2.45, 2.75) is 50.1 Å². The largest absolute Gasteiger partial charge is 0.478 e. The molecule has 0 saturated carbocycles. The van der Waals surface area contributed by atoms with Gasteiger partial charge in [0.2, 0.25) is 5.60 Å². The van der Waals surface area contributed by atoms with Gasteiger partial charge >= 0.3 is 16.3 Å². The summed E-state index contributed by atoms with van der Waals surface area (Å²) in [7, 11) is 0.522. The molecule has 0 bridgehead atoms. The minimum Gasteiger partial charge on any atom is -0.478 e. The van der Waals surface area contributed by atoms with E-state index >= 15 is 0 Å². The van der Waals surface area contributed by atoms with Crippen LogP contribution in [0.25, 0.3) is 0 Å². The SMILES string of the molecule is CC(C)(O/N=C(\C(=O)NC1C(=O)N(S(=O)(=O)O)C1Cn1cc(CNC(=O)C[N+](C)(C)C)nn1)C1=CSC(N)N1)C(=O)O. The number of β-lactam (4-membered cyclic amide) rings is 1. The van der Waals surface area contributed by atoms with Gasteiger partial charge in [0, 0.05) is 5.41 Å². The molecule has 21 heteroatoms. The number of hydrogen-bond donors (Lipinski definition) is 6. The van der Waals surface area contributed by atoms with Gasteiger partial charge in [-0.05, 0) is 13.8 Å². The molecule has 2 aliphatic rings. The molecule has 232 valence electrons. The van der Waals surface area contributed by atoms with E-state index in [4.69, 9.17) is 10.6 Å². The van der Waals surface area contributed by atoms with Gasteiger partial charge in [-0.3, -0.25) is 18.9 Å². The molecule has 1 saturated heterocycles. The number of nitrogens with one attached hydrogen (secondary N) is 3. The Morgan fingerprint density at radius 3 is 2.52 bits per heavy atom. The molecule has 42 heavy (non-hydrogen) atoms. The molecule has 3 amide bonds. The van der Waals surface area contributed by atoms with Crippen LogP contribution in [0.1, 0.15) is 19.5 Å². The Hall–Kier alpha value is -3.79. The van der Waals surface area contributed by atoms with Crippen molar-refractivity contribution in [3.05, 3.63) is 23.0 Å². The number of carbonyl (C=O) groups is 4. The summed E-state index contributed by atoms with van der Waals surface area (Å²) in [5.74, 6) is -3.78. The number of amides is 3. The number of carboxylic acid groups (broad SMARTS) is 1. The number of nitrogens with zero attached hydrogens (tertiary/aromatic N) is 6. The number of likely N-dealkylation sites (N-methyl/N-ethyl adjacent to an activating group) is 1. The molecule has 0 radical (unpaired) electrons. The van der Waals surface area contributed by atoms with E-state index in [2.05, 4.69) is 31.4 Å². The number of oxime groups is 1. The minimum atomic E-state index is -5.02. The maximum absolute atomic E-state index is 13.2. The van der Waals surface area contributed by atoms with Crippen LogP contribution >= 0.6 is 11.8 Å². The van der Waals surface area contributed by atoms with Gasteiger partial charge in [-0.15, -0.1) is 5.10 Å². The Morgan fingerprint density at radius 2 is 1.98 bits per heavy atom. The molecule has 2 aliphatic heterocycles. The van der Waals surface area contributed by atoms with Gasteiger partial charge in [0.1, 0.15) is 17.2 Å². The molecule has 19 nitrogen and oxygen atoms in total. The molecule has 7 N–H and O–H groups in total. The lowest BCUT2D eigenvalue weighted by atomic mass is 9.98. The molecule has 3 rings (SSSR count). The first-order valence-corrected chi connectivity index (χ1v) is 14.6. The zero-order valence-electron chi connectivity index (χ0n) is 23.3. The lowest BCUT2D eigenvalue weighted by Gasteiger charge is -2.43. The zero-order chi connectivity index (χ0) is 31.6. The Labute approximate surface area is 244 Å². The Morgan fingerprint density at radius 1 is 1.31 bits per heavy atom. The fourth-order valence-corrected chi connectivity index (χ4v) is 5.15. The van der Waals surface area contributed by atoms with Crippen LogP contribution in [0.15, 0.2) is 22.5 Å². The second-order valence-corrected chi connectivity index (χ2v) is 13.2. The third-order valence-corrected chi connectivity index (χ3v) is 7.46. The third kappa shape index (κ3) is 8.15. The van der Waals surface area contributed by atoms with Crippen LogP contribution in [0.4, 0.5) is 0 Å². The highest BCUT2D eigenvalue weighted by Crippen LogP contribution is 2.26. The van der Waals surface area contributed by atoms with E-state index in [1.54, 1.807) is 0 Å². The van der Waals surface area contributed by atoms with Crippen molar-refractivity contribution in [2.24, 2.45) is 10.9 Å². The van der Waals surface area contributed by atoms with Crippen molar-refractivity contribution in [1.29, 1.82) is 0 Å². The standard InChI is InChI=1S/C21H32N10O9S2/c1-21(2,19(35)36)40-27-15(12-10-41-20(22)24-12)17(33)25-16-13(30(18(16)34)42(37,38)39)8-29-7-11(26-28-29)6-23-14(32)9-31(3,4)5/h7,10,13,16,20,24H,6,8-9,22H2,1-5H3,(H3-,23,25,32,33,35,36,37,38,39)/p+1/b27-15-. The highest BCUT2D eigenvalue weighted by Gasteiger charge is 2.54. The van der Waals surface area contributed by atoms with Gasteiger partial charge in [0.15, 0.2) is 12.3 Å². The van der Waals surface area contributed by atoms with Crippen LogP contribution in [0, 0.1) is 0 Å². The van der Waals surface area contributed by atoms with E-state index in [0.717, 1.165) is 11.8 Å². The first-order chi connectivity index (χ1) is 19.3. The first-order valence-electron chi connectivity index (χ1n) is 12.2. The average Bonchev–Trinajstić information content (AvgIpc) is 3.47. The van der Waals surface area contributed by atoms with Gasteiger partial charge in [0.25, 0.3) is 17.7 Å². The van der Waals surface area contributed by atoms with Gasteiger partial charge in [0.05, 0.1) is 52.2 Å². The van der Waals surface area contributed by atoms with Crippen molar-refractivity contribution in [3.63, 3.8) is 0 Å². The quantitative estimate of drug-likeness (QED) is 0.0410. The highest BCUT2D eigenvalue weighted by atomic mass is 32.2. The number of aromatic nitrogens is 3. The Bertz CT molecular complexity index is 1420. The third-order valence-electron chi connectivity index (χ3n) is 5.73. The summed E-state index contributed by atoms with van der Waals surface area (Å²) in [4.78, 5) is 54.5. The predicted octanol–water partition coefficient (Wildman–Crippen LogP) is -3.25. The summed E-state index contributed by atoms with van der Waals surface area (Å²) in [6.45, 7) is 2.31. The van der Waals surface area contributed by atoms with Crippen LogP contribution in [0.2, 0.25) is 0 Å². The van der Waals surface area contributed by atoms with Crippen LogP contribution in [-0.2, 0) is 47.4 Å². The maximum atomic E-state index is 13.2. The molecular formula is C21H33N10O9S2+. The summed E-state index contributed by atoms with van der Waals surface area (Å²) < 4.78 is 35.2. The second kappa shape index (κ2) is 12.2. The first kappa shape index (κ1) is 32.7. The number of carboxylic acids is 1. The average molecular weight is 634 g/mol. The fourth-order valence-electron chi connectivity index (χ4n) is 3.63. The summed E-state index contributed by atoms with van der Waals surface area (Å²) in [5.41, 5.74) is 3.23. The van der Waals surface area contributed by atoms with E-state index in [1.165, 1.54) is 30.1 Å². The van der Waals surface area contributed by atoms with Crippen LogP contribution in [0.3, 0.4) is 0 Å². The van der Waals surface area contributed by atoms with Crippen molar-refractivity contribution >= 4 is 51.5 Å². The number of rotatable bonds is 13. The van der Waals surface area contributed by atoms with E-state index in [0.29, 0.717) is 10.2 Å². The zero-order valence-corrected chi connectivity index (χ0v) is 25.0. The van der Waals surface area contributed by atoms with Crippen molar-refractivity contribution in [3.8, 4) is 0 Å². The fraction of sp³-hybridized carbons (Fsp3) is 0.571. The van der Waals surface area contributed by atoms with E-state index in [9.17, 15) is 37.3 Å². The number of carbonyl (C=O) groups excluding carboxylic acids is 3. The van der Waals surface area contributed by atoms with E-state index in [1.807, 2.05) is 21.1 Å². The summed E-state index contributed by atoms with van der Waals surface area (Å²) in [6.07, 6.45) is 1.40. The van der Waals surface area contributed by atoms with Crippen LogP contribution in [0.5, 0.6) is 0 Å². The van der Waals surface area contributed by atoms with Gasteiger partial charge in [-0.25, -0.2) is 13.8 Å². The molecule has 0 aromatic carbocycles. The lowest BCUT2D eigenvalue weighted by molar-refractivity contribution is -0.862. The minimum absolute atomic E-state index is 0.0272. The summed E-state index contributed by atoms with van der Waals surface area (Å²) >= 11 is 1.09. The maximum Gasteiger partial charge on any atom is 0.362 e. The van der Waals surface area contributed by atoms with Crippen molar-refractivity contribution in [2.75, 3.05) is 27.7 Å². The lowest BCUT2D eigenvalue weighted by Crippen LogP contribution is -2.73. The van der Waals surface area contributed by atoms with Crippen LogP contribution < -0.4 is 21.7 Å². The predicted molar refractivity (Wildman–Crippen MR) is 146 cm³/mol. The van der Waals surface area contributed by atoms with Crippen LogP contribution in [-0.4, -0.2) is 122 Å². The van der Waals surface area contributed by atoms with Gasteiger partial charge in [-0.1, -0.05) is 22.1 Å². The number of aliphatic carboxylic acids is 1. The monoisotopic (exact) mass is 633 g/mol.